The maximum Gasteiger partial charge on any atom is 0.328 e. The average molecular weight is 375 g/mol. The van der Waals surface area contributed by atoms with Gasteiger partial charge >= 0.3 is 11.9 Å². The highest BCUT2D eigenvalue weighted by molar-refractivity contribution is 5.96. The molecule has 1 aliphatic heterocycles. The lowest BCUT2D eigenvalue weighted by Crippen LogP contribution is -2.42. The van der Waals surface area contributed by atoms with E-state index >= 15 is 0 Å². The van der Waals surface area contributed by atoms with Crippen LogP contribution < -0.4 is 5.32 Å². The number of benzene rings is 1. The van der Waals surface area contributed by atoms with Crippen LogP contribution in [0.2, 0.25) is 0 Å². The van der Waals surface area contributed by atoms with Crippen LogP contribution in [0.5, 0.6) is 0 Å². The molecule has 1 aliphatic rings. The van der Waals surface area contributed by atoms with Crippen LogP contribution in [-0.4, -0.2) is 37.1 Å². The third kappa shape index (κ3) is 6.13. The second kappa shape index (κ2) is 10.4. The van der Waals surface area contributed by atoms with Crippen molar-refractivity contribution in [2.24, 2.45) is 0 Å². The van der Waals surface area contributed by atoms with Crippen LogP contribution in [0, 0.1) is 0 Å². The zero-order valence-electron chi connectivity index (χ0n) is 15.6. The van der Waals surface area contributed by atoms with Gasteiger partial charge in [0, 0.05) is 18.4 Å². The summed E-state index contributed by atoms with van der Waals surface area (Å²) in [4.78, 5) is 36.1. The number of hydrogen-bond donors (Lipinski definition) is 1. The summed E-state index contributed by atoms with van der Waals surface area (Å²) < 4.78 is 15.3. The zero-order valence-corrected chi connectivity index (χ0v) is 15.6. The van der Waals surface area contributed by atoms with Gasteiger partial charge in [0.1, 0.15) is 12.1 Å². The first-order valence-electron chi connectivity index (χ1n) is 9.08. The summed E-state index contributed by atoms with van der Waals surface area (Å²) in [5, 5.41) is 2.64. The van der Waals surface area contributed by atoms with Crippen LogP contribution in [0.1, 0.15) is 55.1 Å². The molecule has 0 radical (unpaired) electrons. The molecule has 2 atom stereocenters. The molecule has 0 fully saturated rings. The molecule has 1 amide bonds. The van der Waals surface area contributed by atoms with Crippen molar-refractivity contribution in [1.82, 2.24) is 5.32 Å². The van der Waals surface area contributed by atoms with E-state index < -0.39 is 23.9 Å². The number of carbonyl (C=O) groups excluding carboxylic acids is 3. The summed E-state index contributed by atoms with van der Waals surface area (Å²) in [6.07, 6.45) is 4.51. The highest BCUT2D eigenvalue weighted by Crippen LogP contribution is 2.26. The molecule has 2 rings (SSSR count). The van der Waals surface area contributed by atoms with Crippen LogP contribution in [0.3, 0.4) is 0 Å². The van der Waals surface area contributed by atoms with Gasteiger partial charge in [-0.15, -0.1) is 0 Å². The van der Waals surface area contributed by atoms with Crippen LogP contribution in [0.4, 0.5) is 0 Å². The van der Waals surface area contributed by atoms with E-state index in [0.717, 1.165) is 12.0 Å². The van der Waals surface area contributed by atoms with Crippen molar-refractivity contribution in [3.05, 3.63) is 47.7 Å². The molecular formula is C20H25NO6. The first-order valence-corrected chi connectivity index (χ1v) is 9.08. The summed E-state index contributed by atoms with van der Waals surface area (Å²) in [7, 11) is 0. The Labute approximate surface area is 158 Å². The number of carbonyl (C=O) groups is 3. The Balaban J connectivity index is 1.98. The number of hydrogen-bond acceptors (Lipinski definition) is 6. The fourth-order valence-electron chi connectivity index (χ4n) is 2.68. The predicted octanol–water partition coefficient (Wildman–Crippen LogP) is 2.67. The summed E-state index contributed by atoms with van der Waals surface area (Å²) in [5.74, 6) is -1.40. The second-order valence-electron chi connectivity index (χ2n) is 5.98. The largest absolute Gasteiger partial charge is 0.493 e. The first-order chi connectivity index (χ1) is 13.0. The van der Waals surface area contributed by atoms with Crippen molar-refractivity contribution in [2.75, 3.05) is 13.2 Å². The average Bonchev–Trinajstić information content (AvgIpc) is 3.20. The van der Waals surface area contributed by atoms with E-state index in [-0.39, 0.29) is 32.2 Å². The monoisotopic (exact) mass is 375 g/mol. The summed E-state index contributed by atoms with van der Waals surface area (Å²) in [5.41, 5.74) is 1.39. The minimum Gasteiger partial charge on any atom is -0.493 e. The summed E-state index contributed by atoms with van der Waals surface area (Å²) in [6.45, 7) is 3.84. The van der Waals surface area contributed by atoms with Crippen LogP contribution in [0.25, 0.3) is 0 Å². The van der Waals surface area contributed by atoms with Gasteiger partial charge in [0.25, 0.3) is 5.91 Å². The molecule has 1 unspecified atom stereocenters. The molecule has 27 heavy (non-hydrogen) atoms. The lowest BCUT2D eigenvalue weighted by atomic mass is 10.0. The number of nitrogens with one attached hydrogen (secondary N) is 1. The van der Waals surface area contributed by atoms with E-state index in [4.69, 9.17) is 14.2 Å². The molecular weight excluding hydrogens is 350 g/mol. The molecule has 1 heterocycles. The smallest absolute Gasteiger partial charge is 0.328 e. The summed E-state index contributed by atoms with van der Waals surface area (Å²) >= 11 is 0. The molecule has 1 aromatic rings. The van der Waals surface area contributed by atoms with Gasteiger partial charge in [-0.05, 0) is 44.0 Å². The molecule has 1 N–H and O–H groups in total. The second-order valence-corrected chi connectivity index (χ2v) is 5.98. The fraction of sp³-hybridized carbons (Fsp3) is 0.450. The minimum absolute atomic E-state index is 0.0164. The van der Waals surface area contributed by atoms with Crippen molar-refractivity contribution >= 4 is 17.8 Å². The molecule has 0 aliphatic carbocycles. The van der Waals surface area contributed by atoms with Gasteiger partial charge in [0.15, 0.2) is 0 Å². The Bertz CT molecular complexity index is 674. The molecule has 146 valence electrons. The van der Waals surface area contributed by atoms with E-state index in [9.17, 15) is 14.4 Å². The van der Waals surface area contributed by atoms with Gasteiger partial charge in [-0.25, -0.2) is 4.79 Å². The first kappa shape index (κ1) is 20.5. The standard InChI is InChI=1S/C20H25NO6/c1-3-25-18(22)12-11-16(20(24)26-4-2)21-19(23)15-9-7-14(8-10-15)17-6-5-13-27-17/h5,7-10,13,16-17H,3-4,6,11-12H2,1-2H3,(H,21,23)/t16-,17?/m0/s1. The Morgan fingerprint density at radius 3 is 2.44 bits per heavy atom. The van der Waals surface area contributed by atoms with Crippen LogP contribution in [-0.2, 0) is 23.8 Å². The quantitative estimate of drug-likeness (QED) is 0.667. The van der Waals surface area contributed by atoms with E-state index in [0.29, 0.717) is 5.56 Å². The maximum absolute atomic E-state index is 12.5. The van der Waals surface area contributed by atoms with Crippen molar-refractivity contribution in [3.63, 3.8) is 0 Å². The zero-order chi connectivity index (χ0) is 19.6. The van der Waals surface area contributed by atoms with Crippen LogP contribution in [0.15, 0.2) is 36.6 Å². The molecule has 1 aromatic carbocycles. The van der Waals surface area contributed by atoms with Gasteiger partial charge in [-0.1, -0.05) is 12.1 Å². The molecule has 0 aromatic heterocycles. The third-order valence-corrected chi connectivity index (χ3v) is 4.05. The predicted molar refractivity (Wildman–Crippen MR) is 97.8 cm³/mol. The van der Waals surface area contributed by atoms with Crippen molar-refractivity contribution in [1.29, 1.82) is 0 Å². The molecule has 0 bridgehead atoms. The fourth-order valence-corrected chi connectivity index (χ4v) is 2.68. The molecule has 7 nitrogen and oxygen atoms in total. The summed E-state index contributed by atoms with van der Waals surface area (Å²) in [6, 6.07) is 6.10. The van der Waals surface area contributed by atoms with Gasteiger partial charge < -0.3 is 19.5 Å². The molecule has 0 saturated carbocycles. The topological polar surface area (TPSA) is 90.9 Å². The Morgan fingerprint density at radius 2 is 1.85 bits per heavy atom. The number of rotatable bonds is 9. The van der Waals surface area contributed by atoms with Gasteiger partial charge in [-0.3, -0.25) is 9.59 Å². The Morgan fingerprint density at radius 1 is 1.15 bits per heavy atom. The maximum atomic E-state index is 12.5. The van der Waals surface area contributed by atoms with Crippen LogP contribution >= 0.6 is 0 Å². The number of ether oxygens (including phenoxy) is 3. The normalized spacial score (nSPS) is 16.3. The highest BCUT2D eigenvalue weighted by Gasteiger charge is 2.24. The van der Waals surface area contributed by atoms with E-state index in [1.807, 2.05) is 18.2 Å². The lowest BCUT2D eigenvalue weighted by molar-refractivity contribution is -0.146. The van der Waals surface area contributed by atoms with Crippen molar-refractivity contribution < 1.29 is 28.6 Å². The van der Waals surface area contributed by atoms with Crippen molar-refractivity contribution in [3.8, 4) is 0 Å². The van der Waals surface area contributed by atoms with Gasteiger partial charge in [0.05, 0.1) is 19.5 Å². The SMILES string of the molecule is CCOC(=O)CC[C@H](NC(=O)c1ccc(C2CC=CO2)cc1)C(=O)OCC. The van der Waals surface area contributed by atoms with E-state index in [1.165, 1.54) is 0 Å². The molecule has 7 heteroatoms. The Kier molecular flexibility index (Phi) is 7.85. The third-order valence-electron chi connectivity index (χ3n) is 4.05. The molecule has 0 saturated heterocycles. The van der Waals surface area contributed by atoms with Crippen molar-refractivity contribution in [2.45, 2.75) is 45.3 Å². The van der Waals surface area contributed by atoms with E-state index in [2.05, 4.69) is 5.32 Å². The van der Waals surface area contributed by atoms with E-state index in [1.54, 1.807) is 32.2 Å². The van der Waals surface area contributed by atoms with Gasteiger partial charge in [0.2, 0.25) is 0 Å². The number of esters is 2. The highest BCUT2D eigenvalue weighted by atomic mass is 16.5. The lowest BCUT2D eigenvalue weighted by Gasteiger charge is -2.17. The minimum atomic E-state index is -0.913. The Hall–Kier alpha value is -2.83. The molecule has 0 spiro atoms. The van der Waals surface area contributed by atoms with Gasteiger partial charge in [-0.2, -0.15) is 0 Å². The number of amides is 1.